The first kappa shape index (κ1) is 11.3. The molecule has 0 aliphatic carbocycles. The molecule has 1 aromatic carbocycles. The highest BCUT2D eigenvalue weighted by atomic mass is 16.1. The lowest BCUT2D eigenvalue weighted by Gasteiger charge is -2.09. The van der Waals surface area contributed by atoms with E-state index in [9.17, 15) is 14.4 Å². The Bertz CT molecular complexity index is 655. The van der Waals surface area contributed by atoms with E-state index in [1.54, 1.807) is 24.3 Å². The van der Waals surface area contributed by atoms with Crippen LogP contribution in [0.25, 0.3) is 10.9 Å². The third-order valence-corrected chi connectivity index (χ3v) is 2.54. The van der Waals surface area contributed by atoms with E-state index >= 15 is 0 Å². The molecule has 0 aliphatic heterocycles. The van der Waals surface area contributed by atoms with Crippen LogP contribution in [-0.2, 0) is 11.3 Å². The number of hydrogen-bond acceptors (Lipinski definition) is 3. The lowest BCUT2D eigenvalue weighted by molar-refractivity contribution is -0.117. The van der Waals surface area contributed by atoms with Gasteiger partial charge in [0.2, 0.25) is 0 Å². The van der Waals surface area contributed by atoms with Gasteiger partial charge in [0, 0.05) is 0 Å². The number of carbonyl (C=O) groups is 2. The number of aromatic nitrogens is 1. The zero-order valence-corrected chi connectivity index (χ0v) is 9.34. The summed E-state index contributed by atoms with van der Waals surface area (Å²) in [5, 5.41) is 0.774. The number of rotatable bonds is 3. The van der Waals surface area contributed by atoms with Gasteiger partial charge in [-0.2, -0.15) is 0 Å². The molecule has 2 rings (SSSR count). The van der Waals surface area contributed by atoms with Gasteiger partial charge in [-0.3, -0.25) is 14.4 Å². The van der Waals surface area contributed by atoms with Crippen LogP contribution in [-0.4, -0.2) is 16.6 Å². The lowest BCUT2D eigenvalue weighted by atomic mass is 10.1. The maximum absolute atomic E-state index is 11.9. The minimum Gasteiger partial charge on any atom is -0.300 e. The largest absolute Gasteiger partial charge is 0.300 e. The highest BCUT2D eigenvalue weighted by molar-refractivity contribution is 5.87. The Hall–Kier alpha value is -2.23. The Kier molecular flexibility index (Phi) is 2.87. The molecule has 0 aliphatic rings. The van der Waals surface area contributed by atoms with Crippen LogP contribution in [0.4, 0.5) is 0 Å². The van der Waals surface area contributed by atoms with Crippen LogP contribution in [0.2, 0.25) is 0 Å². The second kappa shape index (κ2) is 4.33. The Morgan fingerprint density at radius 1 is 1.35 bits per heavy atom. The summed E-state index contributed by atoms with van der Waals surface area (Å²) in [6.45, 7) is 1.40. The second-order valence-corrected chi connectivity index (χ2v) is 3.87. The summed E-state index contributed by atoms with van der Waals surface area (Å²) in [4.78, 5) is 33.9. The van der Waals surface area contributed by atoms with Gasteiger partial charge >= 0.3 is 0 Å². The molecule has 2 aromatic rings. The number of para-hydroxylation sites is 1. The highest BCUT2D eigenvalue weighted by Gasteiger charge is 2.09. The maximum Gasteiger partial charge on any atom is 0.262 e. The summed E-state index contributed by atoms with van der Waals surface area (Å²) in [7, 11) is 0. The van der Waals surface area contributed by atoms with Crippen LogP contribution in [0.3, 0.4) is 0 Å². The lowest BCUT2D eigenvalue weighted by Crippen LogP contribution is -2.26. The minimum absolute atomic E-state index is 0.0129. The standard InChI is InChI=1S/C13H11NO3/c1-9(16)7-14-12-5-3-2-4-10(12)6-11(8-15)13(14)17/h2-6,8H,7H2,1H3. The molecule has 4 nitrogen and oxygen atoms in total. The van der Waals surface area contributed by atoms with Crippen molar-refractivity contribution in [3.63, 3.8) is 0 Å². The summed E-state index contributed by atoms with van der Waals surface area (Å²) < 4.78 is 1.33. The van der Waals surface area contributed by atoms with Crippen LogP contribution in [0.5, 0.6) is 0 Å². The van der Waals surface area contributed by atoms with Gasteiger partial charge in [-0.15, -0.1) is 0 Å². The van der Waals surface area contributed by atoms with Gasteiger partial charge in [-0.05, 0) is 24.4 Å². The number of pyridine rings is 1. The van der Waals surface area contributed by atoms with Crippen molar-refractivity contribution in [1.82, 2.24) is 4.57 Å². The Morgan fingerprint density at radius 3 is 2.71 bits per heavy atom. The van der Waals surface area contributed by atoms with Gasteiger partial charge in [-0.1, -0.05) is 18.2 Å². The monoisotopic (exact) mass is 229 g/mol. The molecule has 0 bridgehead atoms. The predicted octanol–water partition coefficient (Wildman–Crippen LogP) is 1.40. The van der Waals surface area contributed by atoms with Gasteiger partial charge < -0.3 is 4.57 Å². The first-order valence-corrected chi connectivity index (χ1v) is 5.20. The molecule has 0 saturated carbocycles. The molecule has 0 N–H and O–H groups in total. The number of nitrogens with zero attached hydrogens (tertiary/aromatic N) is 1. The van der Waals surface area contributed by atoms with E-state index < -0.39 is 5.56 Å². The van der Waals surface area contributed by atoms with Crippen molar-refractivity contribution in [2.45, 2.75) is 13.5 Å². The molecular formula is C13H11NO3. The molecule has 0 unspecified atom stereocenters. The number of benzene rings is 1. The van der Waals surface area contributed by atoms with Gasteiger partial charge in [0.05, 0.1) is 17.6 Å². The van der Waals surface area contributed by atoms with E-state index in [1.807, 2.05) is 6.07 Å². The normalized spacial score (nSPS) is 10.4. The fraction of sp³-hybridized carbons (Fsp3) is 0.154. The van der Waals surface area contributed by atoms with E-state index in [4.69, 9.17) is 0 Å². The SMILES string of the molecule is CC(=O)Cn1c(=O)c(C=O)cc2ccccc21. The molecule has 17 heavy (non-hydrogen) atoms. The molecule has 86 valence electrons. The third-order valence-electron chi connectivity index (χ3n) is 2.54. The van der Waals surface area contributed by atoms with Crippen molar-refractivity contribution < 1.29 is 9.59 Å². The number of aldehydes is 1. The van der Waals surface area contributed by atoms with E-state index in [1.165, 1.54) is 11.5 Å². The number of Topliss-reactive ketones (excluding diaryl/α,β-unsaturated/α-hetero) is 1. The van der Waals surface area contributed by atoms with Crippen molar-refractivity contribution >= 4 is 23.0 Å². The third kappa shape index (κ3) is 2.01. The number of fused-ring (bicyclic) bond motifs is 1. The highest BCUT2D eigenvalue weighted by Crippen LogP contribution is 2.12. The summed E-state index contributed by atoms with van der Waals surface area (Å²) in [6, 6.07) is 8.71. The molecule has 1 heterocycles. The molecule has 0 amide bonds. The van der Waals surface area contributed by atoms with Crippen molar-refractivity contribution in [2.24, 2.45) is 0 Å². The quantitative estimate of drug-likeness (QED) is 0.747. The molecule has 0 atom stereocenters. The summed E-state index contributed by atoms with van der Waals surface area (Å²) in [5.74, 6) is -0.125. The van der Waals surface area contributed by atoms with Gasteiger partial charge in [-0.25, -0.2) is 0 Å². The molecule has 0 fully saturated rings. The van der Waals surface area contributed by atoms with Crippen LogP contribution in [0.1, 0.15) is 17.3 Å². The van der Waals surface area contributed by atoms with E-state index in [-0.39, 0.29) is 17.9 Å². The Balaban J connectivity index is 2.84. The summed E-state index contributed by atoms with van der Waals surface area (Å²) >= 11 is 0. The smallest absolute Gasteiger partial charge is 0.262 e. The first-order chi connectivity index (χ1) is 8.13. The van der Waals surface area contributed by atoms with Crippen molar-refractivity contribution in [3.8, 4) is 0 Å². The first-order valence-electron chi connectivity index (χ1n) is 5.20. The van der Waals surface area contributed by atoms with Crippen LogP contribution in [0.15, 0.2) is 35.1 Å². The van der Waals surface area contributed by atoms with Crippen molar-refractivity contribution in [3.05, 3.63) is 46.2 Å². The number of hydrogen-bond donors (Lipinski definition) is 0. The minimum atomic E-state index is -0.422. The molecule has 1 aromatic heterocycles. The summed E-state index contributed by atoms with van der Waals surface area (Å²) in [6.07, 6.45) is 0.519. The van der Waals surface area contributed by atoms with Crippen molar-refractivity contribution in [2.75, 3.05) is 0 Å². The van der Waals surface area contributed by atoms with Gasteiger partial charge in [0.1, 0.15) is 5.78 Å². The fourth-order valence-corrected chi connectivity index (χ4v) is 1.81. The van der Waals surface area contributed by atoms with Gasteiger partial charge in [0.15, 0.2) is 6.29 Å². The molecule has 0 spiro atoms. The molecule has 0 saturated heterocycles. The topological polar surface area (TPSA) is 56.1 Å². The Labute approximate surface area is 97.5 Å². The average Bonchev–Trinajstić information content (AvgIpc) is 2.32. The zero-order chi connectivity index (χ0) is 12.4. The maximum atomic E-state index is 11.9. The van der Waals surface area contributed by atoms with E-state index in [0.29, 0.717) is 11.8 Å². The average molecular weight is 229 g/mol. The second-order valence-electron chi connectivity index (χ2n) is 3.87. The number of carbonyl (C=O) groups excluding carboxylic acids is 2. The van der Waals surface area contributed by atoms with Crippen molar-refractivity contribution in [1.29, 1.82) is 0 Å². The molecule has 0 radical (unpaired) electrons. The van der Waals surface area contributed by atoms with E-state index in [0.717, 1.165) is 5.39 Å². The van der Waals surface area contributed by atoms with Crippen LogP contribution >= 0.6 is 0 Å². The van der Waals surface area contributed by atoms with Crippen LogP contribution < -0.4 is 5.56 Å². The van der Waals surface area contributed by atoms with Gasteiger partial charge in [0.25, 0.3) is 5.56 Å². The summed E-state index contributed by atoms with van der Waals surface area (Å²) in [5.41, 5.74) is 0.317. The van der Waals surface area contributed by atoms with Crippen LogP contribution in [0, 0.1) is 0 Å². The zero-order valence-electron chi connectivity index (χ0n) is 9.34. The van der Waals surface area contributed by atoms with E-state index in [2.05, 4.69) is 0 Å². The molecule has 4 heteroatoms. The molecular weight excluding hydrogens is 218 g/mol. The Morgan fingerprint density at radius 2 is 2.06 bits per heavy atom. The fourth-order valence-electron chi connectivity index (χ4n) is 1.81. The number of ketones is 1. The predicted molar refractivity (Wildman–Crippen MR) is 64.3 cm³/mol.